The molecule has 0 aromatic heterocycles. The fourth-order valence-electron chi connectivity index (χ4n) is 1.85. The van der Waals surface area contributed by atoms with Gasteiger partial charge in [-0.3, -0.25) is 0 Å². The van der Waals surface area contributed by atoms with Crippen molar-refractivity contribution in [1.82, 2.24) is 5.32 Å². The van der Waals surface area contributed by atoms with E-state index >= 15 is 0 Å². The Morgan fingerprint density at radius 3 is 2.48 bits per heavy atom. The largest absolute Gasteiger partial charge is 0.378 e. The van der Waals surface area contributed by atoms with Crippen LogP contribution in [0.5, 0.6) is 0 Å². The summed E-state index contributed by atoms with van der Waals surface area (Å²) in [7, 11) is 3.96. The first-order valence-electron chi connectivity index (χ1n) is 6.61. The van der Waals surface area contributed by atoms with Crippen LogP contribution >= 0.6 is 15.9 Å². The van der Waals surface area contributed by atoms with Crippen LogP contribution in [0, 0.1) is 0 Å². The average molecular weight is 348 g/mol. The summed E-state index contributed by atoms with van der Waals surface area (Å²) in [5.41, 5.74) is 2.91. The molecule has 0 saturated heterocycles. The number of halogens is 1. The van der Waals surface area contributed by atoms with Gasteiger partial charge >= 0.3 is 6.03 Å². The highest BCUT2D eigenvalue weighted by molar-refractivity contribution is 9.10. The predicted octanol–water partition coefficient (Wildman–Crippen LogP) is 3.84. The molecule has 0 heterocycles. The van der Waals surface area contributed by atoms with Crippen molar-refractivity contribution in [2.24, 2.45) is 0 Å². The topological polar surface area (TPSA) is 44.4 Å². The van der Waals surface area contributed by atoms with E-state index in [1.807, 2.05) is 67.5 Å². The number of carbonyl (C=O) groups excluding carboxylic acids is 1. The third-order valence-electron chi connectivity index (χ3n) is 2.98. The maximum absolute atomic E-state index is 11.8. The van der Waals surface area contributed by atoms with Gasteiger partial charge in [0.15, 0.2) is 0 Å². The summed E-state index contributed by atoms with van der Waals surface area (Å²) in [5, 5.41) is 5.64. The van der Waals surface area contributed by atoms with Crippen molar-refractivity contribution >= 4 is 33.3 Å². The van der Waals surface area contributed by atoms with Gasteiger partial charge in [0.05, 0.1) is 0 Å². The summed E-state index contributed by atoms with van der Waals surface area (Å²) in [4.78, 5) is 13.9. The molecule has 110 valence electrons. The molecule has 0 fully saturated rings. The van der Waals surface area contributed by atoms with Gasteiger partial charge in [-0.25, -0.2) is 4.79 Å². The molecule has 0 radical (unpaired) electrons. The van der Waals surface area contributed by atoms with E-state index in [0.717, 1.165) is 21.4 Å². The second kappa shape index (κ2) is 7.13. The quantitative estimate of drug-likeness (QED) is 0.882. The van der Waals surface area contributed by atoms with Crippen molar-refractivity contribution in [1.29, 1.82) is 0 Å². The zero-order chi connectivity index (χ0) is 15.2. The predicted molar refractivity (Wildman–Crippen MR) is 90.8 cm³/mol. The average Bonchev–Trinajstić information content (AvgIpc) is 2.46. The molecule has 2 N–H and O–H groups in total. The maximum atomic E-state index is 11.8. The number of amides is 2. The van der Waals surface area contributed by atoms with Gasteiger partial charge in [-0.1, -0.05) is 28.1 Å². The summed E-state index contributed by atoms with van der Waals surface area (Å²) in [5.74, 6) is 0. The molecule has 0 spiro atoms. The van der Waals surface area contributed by atoms with Crippen LogP contribution in [-0.2, 0) is 6.54 Å². The molecule has 0 aliphatic heterocycles. The van der Waals surface area contributed by atoms with Crippen LogP contribution in [0.1, 0.15) is 5.56 Å². The number of benzene rings is 2. The van der Waals surface area contributed by atoms with E-state index in [0.29, 0.717) is 6.54 Å². The molecular weight excluding hydrogens is 330 g/mol. The fourth-order valence-corrected chi connectivity index (χ4v) is 2.29. The fraction of sp³-hybridized carbons (Fsp3) is 0.188. The zero-order valence-electron chi connectivity index (χ0n) is 12.1. The Bertz CT molecular complexity index is 611. The van der Waals surface area contributed by atoms with Crippen molar-refractivity contribution in [2.75, 3.05) is 24.3 Å². The highest BCUT2D eigenvalue weighted by atomic mass is 79.9. The number of urea groups is 1. The standard InChI is InChI=1S/C16H18BrN3O/c1-20(2)15-8-6-14(7-9-15)19-16(21)18-11-12-4-3-5-13(17)10-12/h3-10H,11H2,1-2H3,(H2,18,19,21). The molecule has 0 saturated carbocycles. The Balaban J connectivity index is 1.87. The third-order valence-corrected chi connectivity index (χ3v) is 3.48. The van der Waals surface area contributed by atoms with Crippen molar-refractivity contribution < 1.29 is 4.79 Å². The number of nitrogens with one attached hydrogen (secondary N) is 2. The first-order chi connectivity index (χ1) is 10.0. The van der Waals surface area contributed by atoms with Gasteiger partial charge in [-0.15, -0.1) is 0 Å². The van der Waals surface area contributed by atoms with Gasteiger partial charge in [0.25, 0.3) is 0 Å². The van der Waals surface area contributed by atoms with E-state index in [1.54, 1.807) is 0 Å². The number of anilines is 2. The van der Waals surface area contributed by atoms with Crippen LogP contribution in [0.3, 0.4) is 0 Å². The van der Waals surface area contributed by atoms with Gasteiger partial charge in [0, 0.05) is 36.5 Å². The van der Waals surface area contributed by atoms with Crippen LogP contribution in [-0.4, -0.2) is 20.1 Å². The zero-order valence-corrected chi connectivity index (χ0v) is 13.6. The first kappa shape index (κ1) is 15.4. The smallest absolute Gasteiger partial charge is 0.319 e. The van der Waals surface area contributed by atoms with Crippen LogP contribution in [0.15, 0.2) is 53.0 Å². The normalized spacial score (nSPS) is 10.0. The summed E-state index contributed by atoms with van der Waals surface area (Å²) in [6, 6.07) is 15.3. The monoisotopic (exact) mass is 347 g/mol. The van der Waals surface area contributed by atoms with Gasteiger partial charge in [0.1, 0.15) is 0 Å². The lowest BCUT2D eigenvalue weighted by Gasteiger charge is -2.13. The molecule has 0 unspecified atom stereocenters. The minimum atomic E-state index is -0.215. The summed E-state index contributed by atoms with van der Waals surface area (Å²) in [6.07, 6.45) is 0. The summed E-state index contributed by atoms with van der Waals surface area (Å²) >= 11 is 3.41. The molecule has 4 nitrogen and oxygen atoms in total. The van der Waals surface area contributed by atoms with Crippen LogP contribution < -0.4 is 15.5 Å². The van der Waals surface area contributed by atoms with Crippen molar-refractivity contribution in [2.45, 2.75) is 6.54 Å². The number of hydrogen-bond donors (Lipinski definition) is 2. The molecule has 2 rings (SSSR count). The Morgan fingerprint density at radius 2 is 1.86 bits per heavy atom. The van der Waals surface area contributed by atoms with Crippen LogP contribution in [0.4, 0.5) is 16.2 Å². The maximum Gasteiger partial charge on any atom is 0.319 e. The van der Waals surface area contributed by atoms with Gasteiger partial charge in [-0.2, -0.15) is 0 Å². The van der Waals surface area contributed by atoms with Crippen molar-refractivity contribution in [3.8, 4) is 0 Å². The summed E-state index contributed by atoms with van der Waals surface area (Å²) in [6.45, 7) is 0.487. The number of nitrogens with zero attached hydrogens (tertiary/aromatic N) is 1. The lowest BCUT2D eigenvalue weighted by molar-refractivity contribution is 0.251. The molecule has 21 heavy (non-hydrogen) atoms. The molecule has 0 aliphatic rings. The van der Waals surface area contributed by atoms with Crippen molar-refractivity contribution in [3.63, 3.8) is 0 Å². The minimum absolute atomic E-state index is 0.215. The molecule has 2 aromatic rings. The first-order valence-corrected chi connectivity index (χ1v) is 7.40. The molecule has 0 bridgehead atoms. The molecule has 5 heteroatoms. The van der Waals surface area contributed by atoms with E-state index in [1.165, 1.54) is 0 Å². The molecule has 0 aliphatic carbocycles. The van der Waals surface area contributed by atoms with Crippen LogP contribution in [0.25, 0.3) is 0 Å². The Kier molecular flexibility index (Phi) is 5.22. The second-order valence-electron chi connectivity index (χ2n) is 4.88. The number of rotatable bonds is 4. The van der Waals surface area contributed by atoms with E-state index in [4.69, 9.17) is 0 Å². The molecular formula is C16H18BrN3O. The van der Waals surface area contributed by atoms with E-state index in [-0.39, 0.29) is 6.03 Å². The third kappa shape index (κ3) is 4.79. The van der Waals surface area contributed by atoms with E-state index < -0.39 is 0 Å². The highest BCUT2D eigenvalue weighted by Crippen LogP contribution is 2.15. The Hall–Kier alpha value is -2.01. The second-order valence-corrected chi connectivity index (χ2v) is 5.79. The molecule has 0 atom stereocenters. The Labute approximate surface area is 133 Å². The SMILES string of the molecule is CN(C)c1ccc(NC(=O)NCc2cccc(Br)c2)cc1. The molecule has 2 aromatic carbocycles. The number of hydrogen-bond acceptors (Lipinski definition) is 2. The lowest BCUT2D eigenvalue weighted by atomic mass is 10.2. The minimum Gasteiger partial charge on any atom is -0.378 e. The summed E-state index contributed by atoms with van der Waals surface area (Å²) < 4.78 is 1.00. The lowest BCUT2D eigenvalue weighted by Crippen LogP contribution is -2.28. The van der Waals surface area contributed by atoms with Gasteiger partial charge < -0.3 is 15.5 Å². The van der Waals surface area contributed by atoms with E-state index in [9.17, 15) is 4.79 Å². The molecule has 2 amide bonds. The van der Waals surface area contributed by atoms with Crippen LogP contribution in [0.2, 0.25) is 0 Å². The Morgan fingerprint density at radius 1 is 1.14 bits per heavy atom. The van der Waals surface area contributed by atoms with E-state index in [2.05, 4.69) is 26.6 Å². The van der Waals surface area contributed by atoms with Gasteiger partial charge in [0.2, 0.25) is 0 Å². The van der Waals surface area contributed by atoms with Gasteiger partial charge in [-0.05, 0) is 42.0 Å². The van der Waals surface area contributed by atoms with Crippen molar-refractivity contribution in [3.05, 3.63) is 58.6 Å². The highest BCUT2D eigenvalue weighted by Gasteiger charge is 2.02. The number of carbonyl (C=O) groups is 1.